The normalized spacial score (nSPS) is 38.0. The summed E-state index contributed by atoms with van der Waals surface area (Å²) in [5.74, 6) is 0.216. The molecule has 5 atom stereocenters. The van der Waals surface area contributed by atoms with Gasteiger partial charge in [0.2, 0.25) is 0 Å². The largest absolute Gasteiger partial charge is 0.387 e. The molecule has 5 aliphatic rings. The highest BCUT2D eigenvalue weighted by Crippen LogP contribution is 2.63. The van der Waals surface area contributed by atoms with Crippen LogP contribution < -0.4 is 0 Å². The molecule has 2 aliphatic heterocycles. The second-order valence-corrected chi connectivity index (χ2v) is 12.8. The van der Waals surface area contributed by atoms with E-state index < -0.39 is 29.9 Å². The Morgan fingerprint density at radius 3 is 2.46 bits per heavy atom. The Labute approximate surface area is 214 Å². The number of fused-ring (bicyclic) bond motifs is 1. The van der Waals surface area contributed by atoms with Crippen molar-refractivity contribution >= 4 is 23.1 Å². The van der Waals surface area contributed by atoms with Gasteiger partial charge in [-0.1, -0.05) is 18.2 Å². The van der Waals surface area contributed by atoms with Gasteiger partial charge in [0.05, 0.1) is 13.2 Å². The first-order chi connectivity index (χ1) is 16.8. The van der Waals surface area contributed by atoms with E-state index in [4.69, 9.17) is 14.2 Å². The third-order valence-electron chi connectivity index (χ3n) is 8.68. The van der Waals surface area contributed by atoms with Crippen LogP contribution in [0.2, 0.25) is 0 Å². The molecule has 6 nitrogen and oxygen atoms in total. The number of ether oxygens (including phenoxy) is 3. The van der Waals surface area contributed by atoms with Crippen LogP contribution >= 0.6 is 23.1 Å². The third kappa shape index (κ3) is 4.01. The van der Waals surface area contributed by atoms with Gasteiger partial charge in [-0.3, -0.25) is 0 Å². The summed E-state index contributed by atoms with van der Waals surface area (Å²) in [5.41, 5.74) is 2.91. The molecule has 2 saturated heterocycles. The zero-order valence-electron chi connectivity index (χ0n) is 20.2. The van der Waals surface area contributed by atoms with Crippen LogP contribution in [0.3, 0.4) is 0 Å². The van der Waals surface area contributed by atoms with Gasteiger partial charge in [0, 0.05) is 33.9 Å². The van der Waals surface area contributed by atoms with Crippen molar-refractivity contribution in [1.82, 2.24) is 0 Å². The Morgan fingerprint density at radius 2 is 1.77 bits per heavy atom. The summed E-state index contributed by atoms with van der Waals surface area (Å²) in [7, 11) is 0. The maximum absolute atomic E-state index is 10.6. The summed E-state index contributed by atoms with van der Waals surface area (Å²) in [4.78, 5) is 2.81. The molecule has 1 aromatic carbocycles. The molecule has 35 heavy (non-hydrogen) atoms. The molecule has 0 unspecified atom stereocenters. The van der Waals surface area contributed by atoms with E-state index in [-0.39, 0.29) is 11.2 Å². The first-order valence-corrected chi connectivity index (χ1v) is 14.6. The minimum Gasteiger partial charge on any atom is -0.387 e. The molecule has 8 heteroatoms. The van der Waals surface area contributed by atoms with Gasteiger partial charge in [-0.15, -0.1) is 23.1 Å². The second-order valence-electron chi connectivity index (χ2n) is 10.7. The molecule has 3 heterocycles. The van der Waals surface area contributed by atoms with E-state index in [1.807, 2.05) is 23.7 Å². The zero-order valence-corrected chi connectivity index (χ0v) is 21.8. The fraction of sp³-hybridized carbons (Fsp3) is 0.630. The van der Waals surface area contributed by atoms with E-state index in [0.29, 0.717) is 5.92 Å². The van der Waals surface area contributed by atoms with Crippen molar-refractivity contribution in [2.75, 3.05) is 19.5 Å². The predicted molar refractivity (Wildman–Crippen MR) is 136 cm³/mol. The molecular formula is C27H34O6S2. The number of thiophene rings is 1. The summed E-state index contributed by atoms with van der Waals surface area (Å²) in [6.45, 7) is 3.56. The molecule has 5 fully saturated rings. The number of aliphatic hydroxyl groups excluding tert-OH is 3. The van der Waals surface area contributed by atoms with Crippen LogP contribution in [0.5, 0.6) is 0 Å². The van der Waals surface area contributed by atoms with Crippen molar-refractivity contribution in [2.45, 2.75) is 80.1 Å². The van der Waals surface area contributed by atoms with Crippen LogP contribution in [-0.2, 0) is 26.0 Å². The van der Waals surface area contributed by atoms with Crippen LogP contribution in [0.25, 0.3) is 0 Å². The number of benzene rings is 1. The Bertz CT molecular complexity index is 1070. The molecule has 1 aromatic heterocycles. The van der Waals surface area contributed by atoms with E-state index in [0.717, 1.165) is 50.9 Å². The van der Waals surface area contributed by atoms with Crippen molar-refractivity contribution in [3.63, 3.8) is 0 Å². The second kappa shape index (κ2) is 9.10. The fourth-order valence-electron chi connectivity index (χ4n) is 6.51. The fourth-order valence-corrected chi connectivity index (χ4v) is 8.45. The average molecular weight is 519 g/mol. The SMILES string of the molecule is CS[C@H]1O[C@@H](c2ccc(C)c(Cc3ccc(C45CCC6(OCCO6)C(C4)C5)s3)c2)[C@H](O)[C@@H](O)[C@@H]1O. The van der Waals surface area contributed by atoms with Crippen LogP contribution in [0, 0.1) is 12.8 Å². The van der Waals surface area contributed by atoms with Gasteiger partial charge in [-0.25, -0.2) is 0 Å². The molecule has 3 N–H and O–H groups in total. The van der Waals surface area contributed by atoms with Gasteiger partial charge in [-0.2, -0.15) is 0 Å². The quantitative estimate of drug-likeness (QED) is 0.557. The number of hydrogen-bond acceptors (Lipinski definition) is 8. The Kier molecular flexibility index (Phi) is 6.34. The Hall–Kier alpha value is -0.970. The molecule has 2 aromatic rings. The predicted octanol–water partition coefficient (Wildman–Crippen LogP) is 3.68. The monoisotopic (exact) mass is 518 g/mol. The van der Waals surface area contributed by atoms with Gasteiger partial charge >= 0.3 is 0 Å². The highest BCUT2D eigenvalue weighted by molar-refractivity contribution is 7.99. The molecule has 190 valence electrons. The number of aliphatic hydroxyl groups is 3. The lowest BCUT2D eigenvalue weighted by molar-refractivity contribution is -0.257. The van der Waals surface area contributed by atoms with E-state index in [2.05, 4.69) is 31.2 Å². The van der Waals surface area contributed by atoms with Crippen molar-refractivity contribution in [3.05, 3.63) is 56.8 Å². The van der Waals surface area contributed by atoms with Crippen molar-refractivity contribution in [3.8, 4) is 0 Å². The molecule has 1 spiro atoms. The average Bonchev–Trinajstić information content (AvgIpc) is 3.50. The smallest absolute Gasteiger partial charge is 0.171 e. The maximum atomic E-state index is 10.6. The lowest BCUT2D eigenvalue weighted by Crippen LogP contribution is -2.58. The van der Waals surface area contributed by atoms with Crippen molar-refractivity contribution in [2.24, 2.45) is 5.92 Å². The Morgan fingerprint density at radius 1 is 1.00 bits per heavy atom. The lowest BCUT2D eigenvalue weighted by Gasteiger charge is -2.58. The van der Waals surface area contributed by atoms with E-state index in [1.165, 1.54) is 32.6 Å². The van der Waals surface area contributed by atoms with Gasteiger partial charge in [-0.05, 0) is 61.3 Å². The zero-order chi connectivity index (χ0) is 24.4. The van der Waals surface area contributed by atoms with Gasteiger partial charge in [0.25, 0.3) is 0 Å². The van der Waals surface area contributed by atoms with E-state index in [9.17, 15) is 15.3 Å². The lowest BCUT2D eigenvalue weighted by atomic mass is 9.51. The first-order valence-electron chi connectivity index (χ1n) is 12.5. The highest BCUT2D eigenvalue weighted by atomic mass is 32.2. The highest BCUT2D eigenvalue weighted by Gasteiger charge is 2.62. The Balaban J connectivity index is 1.18. The first kappa shape index (κ1) is 24.4. The topological polar surface area (TPSA) is 88.4 Å². The summed E-state index contributed by atoms with van der Waals surface area (Å²) in [6, 6.07) is 10.7. The molecule has 7 rings (SSSR count). The summed E-state index contributed by atoms with van der Waals surface area (Å²) < 4.78 is 18.0. The maximum Gasteiger partial charge on any atom is 0.171 e. The van der Waals surface area contributed by atoms with Gasteiger partial charge < -0.3 is 29.5 Å². The number of aryl methyl sites for hydroxylation is 1. The van der Waals surface area contributed by atoms with Crippen molar-refractivity contribution in [1.29, 1.82) is 0 Å². The third-order valence-corrected chi connectivity index (χ3v) is 10.9. The van der Waals surface area contributed by atoms with Crippen LogP contribution in [0.1, 0.15) is 58.2 Å². The minimum absolute atomic E-state index is 0.287. The van der Waals surface area contributed by atoms with Gasteiger partial charge in [0.1, 0.15) is 29.9 Å². The number of rotatable bonds is 5. The standard InChI is InChI=1S/C27H34O6S2/c1-15-3-4-16(24-22(29)21(28)23(30)25(33-24)34-2)11-17(15)12-19-5-6-20(35-19)26-7-8-27(18(13-26)14-26)31-9-10-32-27/h3-6,11,18,21-25,28-30H,7-10,12-14H2,1-2H3/t18?,21-,22-,23+,24+,25-,26?/m1/s1. The summed E-state index contributed by atoms with van der Waals surface area (Å²) in [6.07, 6.45) is 2.87. The molecular weight excluding hydrogens is 484 g/mol. The van der Waals surface area contributed by atoms with Crippen LogP contribution in [0.4, 0.5) is 0 Å². The minimum atomic E-state index is -1.24. The molecule has 3 saturated carbocycles. The molecule has 0 amide bonds. The molecule has 3 aliphatic carbocycles. The summed E-state index contributed by atoms with van der Waals surface area (Å²) >= 11 is 3.26. The van der Waals surface area contributed by atoms with Crippen LogP contribution in [-0.4, -0.2) is 64.3 Å². The van der Waals surface area contributed by atoms with E-state index >= 15 is 0 Å². The van der Waals surface area contributed by atoms with E-state index in [1.54, 1.807) is 0 Å². The van der Waals surface area contributed by atoms with Gasteiger partial charge in [0.15, 0.2) is 5.79 Å². The number of hydrogen-bond donors (Lipinski definition) is 3. The van der Waals surface area contributed by atoms with Crippen LogP contribution in [0.15, 0.2) is 30.3 Å². The molecule has 2 bridgehead atoms. The number of thioether (sulfide) groups is 1. The van der Waals surface area contributed by atoms with Crippen molar-refractivity contribution < 1.29 is 29.5 Å². The summed E-state index contributed by atoms with van der Waals surface area (Å²) in [5, 5.41) is 31.2. The molecule has 0 radical (unpaired) electrons.